The number of nitrogens with zero attached hydrogens (tertiary/aromatic N) is 1. The van der Waals surface area contributed by atoms with Crippen LogP contribution in [0.1, 0.15) is 33.1 Å². The number of piperidine rings is 1. The van der Waals surface area contributed by atoms with Gasteiger partial charge >= 0.3 is 5.97 Å². The zero-order valence-corrected chi connectivity index (χ0v) is 13.9. The molecule has 22 heavy (non-hydrogen) atoms. The van der Waals surface area contributed by atoms with Crippen LogP contribution in [0.2, 0.25) is 0 Å². The minimum atomic E-state index is -0.816. The van der Waals surface area contributed by atoms with Crippen molar-refractivity contribution in [2.45, 2.75) is 43.3 Å². The molecule has 1 N–H and O–H groups in total. The van der Waals surface area contributed by atoms with E-state index in [1.807, 2.05) is 37.3 Å². The first-order valence-corrected chi connectivity index (χ1v) is 8.58. The van der Waals surface area contributed by atoms with E-state index in [9.17, 15) is 14.7 Å². The smallest absolute Gasteiger partial charge is 0.311 e. The molecule has 1 heterocycles. The topological polar surface area (TPSA) is 57.6 Å². The summed E-state index contributed by atoms with van der Waals surface area (Å²) >= 11 is 1.56. The van der Waals surface area contributed by atoms with Crippen LogP contribution in [0.25, 0.3) is 0 Å². The Kier molecular flexibility index (Phi) is 5.51. The normalized spacial score (nSPS) is 23.1. The van der Waals surface area contributed by atoms with Crippen molar-refractivity contribution in [3.05, 3.63) is 30.3 Å². The monoisotopic (exact) mass is 321 g/mol. The number of carboxylic acids is 1. The number of likely N-dealkylation sites (tertiary alicyclic amines) is 1. The zero-order chi connectivity index (χ0) is 16.2. The fourth-order valence-electron chi connectivity index (χ4n) is 2.78. The standard InChI is InChI=1S/C17H23NO3S/c1-3-14(22-13-8-5-4-6-9-13)15(19)18-11-7-10-17(2,12-18)16(20)21/h4-6,8-9,14H,3,7,10-12H2,1-2H3,(H,20,21). The summed E-state index contributed by atoms with van der Waals surface area (Å²) < 4.78 is 0. The van der Waals surface area contributed by atoms with Crippen molar-refractivity contribution in [2.75, 3.05) is 13.1 Å². The van der Waals surface area contributed by atoms with Crippen LogP contribution in [-0.2, 0) is 9.59 Å². The molecular formula is C17H23NO3S. The van der Waals surface area contributed by atoms with Crippen LogP contribution in [-0.4, -0.2) is 40.2 Å². The lowest BCUT2D eigenvalue weighted by Crippen LogP contribution is -2.50. The van der Waals surface area contributed by atoms with Gasteiger partial charge in [-0.25, -0.2) is 0 Å². The van der Waals surface area contributed by atoms with E-state index in [-0.39, 0.29) is 11.2 Å². The number of carbonyl (C=O) groups excluding carboxylic acids is 1. The summed E-state index contributed by atoms with van der Waals surface area (Å²) in [5, 5.41) is 9.23. The maximum absolute atomic E-state index is 12.8. The number of carboxylic acid groups (broad SMARTS) is 1. The molecular weight excluding hydrogens is 298 g/mol. The summed E-state index contributed by atoms with van der Waals surface area (Å²) in [5.41, 5.74) is -0.816. The predicted molar refractivity (Wildman–Crippen MR) is 87.9 cm³/mol. The first-order valence-electron chi connectivity index (χ1n) is 7.70. The molecule has 0 bridgehead atoms. The van der Waals surface area contributed by atoms with Crippen LogP contribution in [0.3, 0.4) is 0 Å². The molecule has 5 heteroatoms. The average Bonchev–Trinajstić information content (AvgIpc) is 2.53. The molecule has 1 amide bonds. The van der Waals surface area contributed by atoms with Crippen molar-refractivity contribution in [1.29, 1.82) is 0 Å². The molecule has 4 nitrogen and oxygen atoms in total. The van der Waals surface area contributed by atoms with E-state index >= 15 is 0 Å². The Balaban J connectivity index is 2.06. The lowest BCUT2D eigenvalue weighted by atomic mass is 9.82. The van der Waals surface area contributed by atoms with E-state index in [1.165, 1.54) is 0 Å². The van der Waals surface area contributed by atoms with E-state index in [0.29, 0.717) is 19.5 Å². The summed E-state index contributed by atoms with van der Waals surface area (Å²) in [6, 6.07) is 9.87. The van der Waals surface area contributed by atoms with Crippen molar-refractivity contribution in [2.24, 2.45) is 5.41 Å². The number of hydrogen-bond donors (Lipinski definition) is 1. The van der Waals surface area contributed by atoms with Gasteiger partial charge in [0.05, 0.1) is 10.7 Å². The van der Waals surface area contributed by atoms with Crippen LogP contribution >= 0.6 is 11.8 Å². The van der Waals surface area contributed by atoms with Crippen LogP contribution in [0.5, 0.6) is 0 Å². The summed E-state index contributed by atoms with van der Waals surface area (Å²) in [4.78, 5) is 27.0. The number of thioether (sulfide) groups is 1. The second kappa shape index (κ2) is 7.18. The highest BCUT2D eigenvalue weighted by Crippen LogP contribution is 2.32. The Morgan fingerprint density at radius 1 is 1.36 bits per heavy atom. The van der Waals surface area contributed by atoms with Crippen molar-refractivity contribution >= 4 is 23.6 Å². The minimum absolute atomic E-state index is 0.0588. The molecule has 2 atom stereocenters. The lowest BCUT2D eigenvalue weighted by molar-refractivity contribution is -0.153. The summed E-state index contributed by atoms with van der Waals surface area (Å²) in [6.45, 7) is 4.71. The molecule has 1 saturated heterocycles. The number of carbonyl (C=O) groups is 2. The Morgan fingerprint density at radius 2 is 2.05 bits per heavy atom. The van der Waals surface area contributed by atoms with Crippen molar-refractivity contribution in [3.8, 4) is 0 Å². The zero-order valence-electron chi connectivity index (χ0n) is 13.1. The van der Waals surface area contributed by atoms with Crippen LogP contribution in [0, 0.1) is 5.41 Å². The molecule has 2 unspecified atom stereocenters. The minimum Gasteiger partial charge on any atom is -0.481 e. The maximum atomic E-state index is 12.8. The van der Waals surface area contributed by atoms with Gasteiger partial charge in [-0.15, -0.1) is 11.8 Å². The highest BCUT2D eigenvalue weighted by molar-refractivity contribution is 8.00. The van der Waals surface area contributed by atoms with Gasteiger partial charge in [0.2, 0.25) is 5.91 Å². The quantitative estimate of drug-likeness (QED) is 0.846. The van der Waals surface area contributed by atoms with E-state index in [4.69, 9.17) is 0 Å². The second-order valence-electron chi connectivity index (χ2n) is 6.06. The molecule has 1 fully saturated rings. The predicted octanol–water partition coefficient (Wildman–Crippen LogP) is 3.27. The maximum Gasteiger partial charge on any atom is 0.311 e. The van der Waals surface area contributed by atoms with E-state index in [0.717, 1.165) is 17.7 Å². The van der Waals surface area contributed by atoms with Gasteiger partial charge in [-0.2, -0.15) is 0 Å². The summed E-state index contributed by atoms with van der Waals surface area (Å²) in [5.74, 6) is -0.753. The van der Waals surface area contributed by atoms with Gasteiger partial charge in [0, 0.05) is 18.0 Å². The second-order valence-corrected chi connectivity index (χ2v) is 7.33. The molecule has 0 saturated carbocycles. The number of hydrogen-bond acceptors (Lipinski definition) is 3. The molecule has 120 valence electrons. The highest BCUT2D eigenvalue weighted by Gasteiger charge is 2.40. The molecule has 1 aromatic rings. The molecule has 1 aliphatic rings. The van der Waals surface area contributed by atoms with Gasteiger partial charge < -0.3 is 10.0 Å². The van der Waals surface area contributed by atoms with Crippen LogP contribution in [0.15, 0.2) is 35.2 Å². The van der Waals surface area contributed by atoms with Gasteiger partial charge in [-0.3, -0.25) is 9.59 Å². The van der Waals surface area contributed by atoms with E-state index < -0.39 is 11.4 Å². The van der Waals surface area contributed by atoms with Crippen LogP contribution < -0.4 is 0 Å². The number of amides is 1. The van der Waals surface area contributed by atoms with Crippen molar-refractivity contribution < 1.29 is 14.7 Å². The van der Waals surface area contributed by atoms with Gasteiger partial charge in [-0.05, 0) is 38.3 Å². The summed E-state index contributed by atoms with van der Waals surface area (Å²) in [6.07, 6.45) is 2.12. The Bertz CT molecular complexity index is 534. The van der Waals surface area contributed by atoms with Crippen molar-refractivity contribution in [1.82, 2.24) is 4.90 Å². The van der Waals surface area contributed by atoms with Gasteiger partial charge in [0.15, 0.2) is 0 Å². The first-order chi connectivity index (χ1) is 10.5. The SMILES string of the molecule is CCC(Sc1ccccc1)C(=O)N1CCCC(C)(C(=O)O)C1. The number of benzene rings is 1. The molecule has 1 aliphatic heterocycles. The Hall–Kier alpha value is -1.49. The Morgan fingerprint density at radius 3 is 2.64 bits per heavy atom. The number of rotatable bonds is 5. The third-order valence-corrected chi connectivity index (χ3v) is 5.56. The van der Waals surface area contributed by atoms with Crippen molar-refractivity contribution in [3.63, 3.8) is 0 Å². The fourth-order valence-corrected chi connectivity index (χ4v) is 3.84. The third-order valence-electron chi connectivity index (χ3n) is 4.19. The van der Waals surface area contributed by atoms with Gasteiger partial charge in [0.1, 0.15) is 0 Å². The summed E-state index contributed by atoms with van der Waals surface area (Å²) in [7, 11) is 0. The van der Waals surface area contributed by atoms with E-state index in [1.54, 1.807) is 23.6 Å². The lowest BCUT2D eigenvalue weighted by Gasteiger charge is -2.38. The van der Waals surface area contributed by atoms with Gasteiger partial charge in [0.25, 0.3) is 0 Å². The Labute approximate surface area is 135 Å². The molecule has 0 aromatic heterocycles. The third kappa shape index (κ3) is 3.83. The fraction of sp³-hybridized carbons (Fsp3) is 0.529. The highest BCUT2D eigenvalue weighted by atomic mass is 32.2. The van der Waals surface area contributed by atoms with E-state index in [2.05, 4.69) is 0 Å². The molecule has 2 rings (SSSR count). The van der Waals surface area contributed by atoms with Crippen LogP contribution in [0.4, 0.5) is 0 Å². The average molecular weight is 321 g/mol. The van der Waals surface area contributed by atoms with Gasteiger partial charge in [-0.1, -0.05) is 25.1 Å². The molecule has 0 aliphatic carbocycles. The molecule has 1 aromatic carbocycles. The molecule has 0 radical (unpaired) electrons. The number of aliphatic carboxylic acids is 1. The largest absolute Gasteiger partial charge is 0.481 e. The first kappa shape index (κ1) is 16.9. The molecule has 0 spiro atoms.